The number of halogens is 1. The second kappa shape index (κ2) is 17.0. The lowest BCUT2D eigenvalue weighted by Gasteiger charge is -2.21. The fourth-order valence-corrected chi connectivity index (χ4v) is 6.75. The Morgan fingerprint density at radius 2 is 1.23 bits per heavy atom. The predicted molar refractivity (Wildman–Crippen MR) is 133 cm³/mol. The van der Waals surface area contributed by atoms with Gasteiger partial charge in [0.05, 0.1) is 22.9 Å². The molecule has 0 spiro atoms. The van der Waals surface area contributed by atoms with Gasteiger partial charge in [-0.3, -0.25) is 0 Å². The van der Waals surface area contributed by atoms with Crippen molar-refractivity contribution in [3.05, 3.63) is 0 Å². The van der Waals surface area contributed by atoms with Gasteiger partial charge in [0.25, 0.3) is 0 Å². The van der Waals surface area contributed by atoms with Crippen molar-refractivity contribution in [1.29, 1.82) is 0 Å². The summed E-state index contributed by atoms with van der Waals surface area (Å²) in [7, 11) is -1.37. The topological polar surface area (TPSA) is 66.5 Å². The zero-order chi connectivity index (χ0) is 23.0. The maximum atomic E-state index is 12.2. The summed E-state index contributed by atoms with van der Waals surface area (Å²) in [5.74, 6) is -0.109. The third-order valence-electron chi connectivity index (χ3n) is 6.29. The van der Waals surface area contributed by atoms with Gasteiger partial charge in [-0.25, -0.2) is 13.2 Å². The highest BCUT2D eigenvalue weighted by molar-refractivity contribution is 7.91. The third-order valence-corrected chi connectivity index (χ3v) is 8.66. The van der Waals surface area contributed by atoms with E-state index in [0.29, 0.717) is 6.54 Å². The van der Waals surface area contributed by atoms with Gasteiger partial charge in [-0.05, 0) is 6.42 Å². The first kappa shape index (κ1) is 28.5. The normalized spacial score (nSPS) is 20.1. The van der Waals surface area contributed by atoms with Crippen molar-refractivity contribution in [3.63, 3.8) is 0 Å². The van der Waals surface area contributed by atoms with E-state index in [1.54, 1.807) is 11.9 Å². The minimum atomic E-state index is -3.13. The Morgan fingerprint density at radius 3 is 1.61 bits per heavy atom. The number of nitrogens with one attached hydrogen (secondary N) is 1. The lowest BCUT2D eigenvalue weighted by molar-refractivity contribution is 0.205. The first-order valence-corrected chi connectivity index (χ1v) is 15.0. The van der Waals surface area contributed by atoms with Crippen LogP contribution in [0.15, 0.2) is 0 Å². The molecule has 1 aliphatic heterocycles. The molecule has 2 unspecified atom stereocenters. The highest BCUT2D eigenvalue weighted by Crippen LogP contribution is 2.18. The van der Waals surface area contributed by atoms with Crippen LogP contribution in [0.3, 0.4) is 0 Å². The first-order chi connectivity index (χ1) is 14.9. The van der Waals surface area contributed by atoms with Crippen molar-refractivity contribution in [2.75, 3.05) is 25.1 Å². The van der Waals surface area contributed by atoms with Crippen LogP contribution in [0.1, 0.15) is 110 Å². The average Bonchev–Trinajstić information content (AvgIpc) is 2.98. The van der Waals surface area contributed by atoms with Crippen molar-refractivity contribution >= 4 is 27.5 Å². The van der Waals surface area contributed by atoms with Crippen LogP contribution < -0.4 is 5.32 Å². The molecule has 1 rings (SSSR count). The van der Waals surface area contributed by atoms with E-state index in [4.69, 9.17) is 11.6 Å². The van der Waals surface area contributed by atoms with E-state index in [1.807, 2.05) is 0 Å². The molecule has 0 radical (unpaired) electrons. The molecule has 184 valence electrons. The molecule has 1 aliphatic rings. The molecule has 5 nitrogen and oxygen atoms in total. The van der Waals surface area contributed by atoms with Crippen molar-refractivity contribution in [2.45, 2.75) is 121 Å². The molecule has 7 heteroatoms. The molecule has 1 N–H and O–H groups in total. The predicted octanol–water partition coefficient (Wildman–Crippen LogP) is 6.29. The monoisotopic (exact) mass is 478 g/mol. The number of hydrogen-bond acceptors (Lipinski definition) is 3. The minimum Gasteiger partial charge on any atom is -0.333 e. The highest BCUT2D eigenvalue weighted by atomic mass is 35.5. The summed E-state index contributed by atoms with van der Waals surface area (Å²) in [6.45, 7) is 2.96. The molecule has 0 saturated carbocycles. The summed E-state index contributed by atoms with van der Waals surface area (Å²) >= 11 is 6.05. The molecule has 2 amide bonds. The number of rotatable bonds is 18. The Bertz CT molecular complexity index is 571. The Labute approximate surface area is 197 Å². The van der Waals surface area contributed by atoms with E-state index in [-0.39, 0.29) is 17.5 Å². The number of nitrogens with zero attached hydrogens (tertiary/aromatic N) is 1. The van der Waals surface area contributed by atoms with Gasteiger partial charge in [-0.1, -0.05) is 103 Å². The second-order valence-corrected chi connectivity index (χ2v) is 12.1. The summed E-state index contributed by atoms with van der Waals surface area (Å²) in [6.07, 6.45) is 21.3. The van der Waals surface area contributed by atoms with Crippen molar-refractivity contribution in [1.82, 2.24) is 10.2 Å². The molecule has 0 aromatic heterocycles. The number of sulfone groups is 1. The number of hydrogen-bond donors (Lipinski definition) is 1. The van der Waals surface area contributed by atoms with Gasteiger partial charge in [-0.15, -0.1) is 11.6 Å². The van der Waals surface area contributed by atoms with Crippen LogP contribution in [-0.4, -0.2) is 55.9 Å². The van der Waals surface area contributed by atoms with Crippen LogP contribution in [0.5, 0.6) is 0 Å². The molecule has 2 atom stereocenters. The van der Waals surface area contributed by atoms with E-state index < -0.39 is 21.3 Å². The molecule has 0 aliphatic carbocycles. The third kappa shape index (κ3) is 14.3. The van der Waals surface area contributed by atoms with E-state index >= 15 is 0 Å². The van der Waals surface area contributed by atoms with Gasteiger partial charge >= 0.3 is 6.03 Å². The molecule has 1 saturated heterocycles. The molecule has 0 aromatic carbocycles. The van der Waals surface area contributed by atoms with E-state index in [9.17, 15) is 13.2 Å². The average molecular weight is 479 g/mol. The smallest absolute Gasteiger partial charge is 0.317 e. The van der Waals surface area contributed by atoms with Crippen molar-refractivity contribution in [3.8, 4) is 0 Å². The fraction of sp³-hybridized carbons (Fsp3) is 0.958. The molecule has 0 aromatic rings. The molecular weight excluding hydrogens is 432 g/mol. The standard InChI is InChI=1S/C24H47ClN2O3S/c1-3-4-5-6-7-8-9-10-11-12-13-14-15-16-17-18-19-27(2)24(28)26-23-21-31(29,30)20-22(23)25/h22-23H,3-21H2,1-2H3,(H,26,28). The zero-order valence-corrected chi connectivity index (χ0v) is 21.6. The number of carbonyl (C=O) groups is 1. The highest BCUT2D eigenvalue weighted by Gasteiger charge is 2.37. The Balaban J connectivity index is 1.88. The van der Waals surface area contributed by atoms with Gasteiger partial charge in [0.1, 0.15) is 0 Å². The van der Waals surface area contributed by atoms with Crippen LogP contribution in [-0.2, 0) is 9.84 Å². The summed E-state index contributed by atoms with van der Waals surface area (Å²) in [6, 6.07) is -0.707. The molecule has 1 fully saturated rings. The lowest BCUT2D eigenvalue weighted by Crippen LogP contribution is -2.46. The van der Waals surface area contributed by atoms with Gasteiger partial charge in [-0.2, -0.15) is 0 Å². The maximum Gasteiger partial charge on any atom is 0.317 e. The van der Waals surface area contributed by atoms with Gasteiger partial charge in [0.2, 0.25) is 0 Å². The zero-order valence-electron chi connectivity index (χ0n) is 20.0. The molecular formula is C24H47ClN2O3S. The first-order valence-electron chi connectivity index (χ1n) is 12.7. The van der Waals surface area contributed by atoms with E-state index in [0.717, 1.165) is 12.8 Å². The summed E-state index contributed by atoms with van der Waals surface area (Å²) in [5, 5.41) is 2.23. The second-order valence-electron chi connectivity index (χ2n) is 9.37. The van der Waals surface area contributed by atoms with Gasteiger partial charge < -0.3 is 10.2 Å². The Kier molecular flexibility index (Phi) is 15.7. The SMILES string of the molecule is CCCCCCCCCCCCCCCCCCN(C)C(=O)NC1CS(=O)(=O)CC1Cl. The van der Waals surface area contributed by atoms with Crippen LogP contribution in [0, 0.1) is 0 Å². The quantitative estimate of drug-likeness (QED) is 0.186. The summed E-state index contributed by atoms with van der Waals surface area (Å²) in [5.41, 5.74) is 0. The number of urea groups is 1. The van der Waals surface area contributed by atoms with Gasteiger partial charge in [0.15, 0.2) is 9.84 Å². The van der Waals surface area contributed by atoms with Crippen molar-refractivity contribution in [2.24, 2.45) is 0 Å². The Morgan fingerprint density at radius 1 is 0.806 bits per heavy atom. The van der Waals surface area contributed by atoms with Crippen LogP contribution in [0.4, 0.5) is 4.79 Å². The molecule has 0 bridgehead atoms. The van der Waals surface area contributed by atoms with Crippen LogP contribution in [0.2, 0.25) is 0 Å². The Hall–Kier alpha value is -0.490. The van der Waals surface area contributed by atoms with Crippen LogP contribution >= 0.6 is 11.6 Å². The van der Waals surface area contributed by atoms with Crippen LogP contribution in [0.25, 0.3) is 0 Å². The van der Waals surface area contributed by atoms with Crippen molar-refractivity contribution < 1.29 is 13.2 Å². The maximum absolute atomic E-state index is 12.2. The molecule has 1 heterocycles. The molecule has 31 heavy (non-hydrogen) atoms. The van der Waals surface area contributed by atoms with E-state index in [2.05, 4.69) is 12.2 Å². The number of amides is 2. The lowest BCUT2D eigenvalue weighted by atomic mass is 10.0. The number of alkyl halides is 1. The number of carbonyl (C=O) groups excluding carboxylic acids is 1. The summed E-state index contributed by atoms with van der Waals surface area (Å²) in [4.78, 5) is 13.8. The van der Waals surface area contributed by atoms with E-state index in [1.165, 1.54) is 89.9 Å². The number of unbranched alkanes of at least 4 members (excludes halogenated alkanes) is 15. The fourth-order valence-electron chi connectivity index (χ4n) is 4.20. The minimum absolute atomic E-state index is 0.0532. The largest absolute Gasteiger partial charge is 0.333 e. The summed E-state index contributed by atoms with van der Waals surface area (Å²) < 4.78 is 23.2. The van der Waals surface area contributed by atoms with Gasteiger partial charge in [0, 0.05) is 13.6 Å².